The van der Waals surface area contributed by atoms with Crippen molar-refractivity contribution in [1.29, 1.82) is 0 Å². The number of para-hydroxylation sites is 1. The standard InChI is InChI=1S/C19H21NO3S/c1-24(22)13-14-5-4-7-17(9-14)19(21)20-11-15-10-16-6-2-3-8-18(16)23-12-15/h2-9,15H,10-13H2,1H3,(H,20,21). The molecule has 0 bridgehead atoms. The lowest BCUT2D eigenvalue weighted by atomic mass is 9.96. The molecule has 2 aromatic carbocycles. The van der Waals surface area contributed by atoms with Crippen LogP contribution < -0.4 is 10.1 Å². The lowest BCUT2D eigenvalue weighted by Gasteiger charge is -2.25. The van der Waals surface area contributed by atoms with E-state index in [9.17, 15) is 9.00 Å². The van der Waals surface area contributed by atoms with E-state index in [2.05, 4.69) is 11.4 Å². The molecule has 1 heterocycles. The normalized spacial score (nSPS) is 17.5. The Morgan fingerprint density at radius 3 is 2.92 bits per heavy atom. The summed E-state index contributed by atoms with van der Waals surface area (Å²) in [6.45, 7) is 1.20. The zero-order valence-corrected chi connectivity index (χ0v) is 14.5. The average molecular weight is 343 g/mol. The Kier molecular flexibility index (Phi) is 5.30. The van der Waals surface area contributed by atoms with Crippen molar-refractivity contribution in [2.24, 2.45) is 5.92 Å². The number of benzene rings is 2. The summed E-state index contributed by atoms with van der Waals surface area (Å²) in [5.41, 5.74) is 2.71. The number of rotatable bonds is 5. The second-order valence-electron chi connectivity index (χ2n) is 6.12. The second-order valence-corrected chi connectivity index (χ2v) is 7.55. The van der Waals surface area contributed by atoms with Crippen LogP contribution in [0.2, 0.25) is 0 Å². The van der Waals surface area contributed by atoms with Crippen LogP contribution in [0.4, 0.5) is 0 Å². The maximum atomic E-state index is 12.3. The van der Waals surface area contributed by atoms with Gasteiger partial charge in [-0.05, 0) is 35.7 Å². The van der Waals surface area contributed by atoms with Crippen LogP contribution >= 0.6 is 0 Å². The lowest BCUT2D eigenvalue weighted by Crippen LogP contribution is -2.34. The third kappa shape index (κ3) is 4.23. The molecule has 126 valence electrons. The minimum atomic E-state index is -0.915. The molecule has 1 N–H and O–H groups in total. The summed E-state index contributed by atoms with van der Waals surface area (Å²) in [5.74, 6) is 1.59. The fraction of sp³-hybridized carbons (Fsp3) is 0.316. The zero-order chi connectivity index (χ0) is 16.9. The van der Waals surface area contributed by atoms with E-state index in [4.69, 9.17) is 4.74 Å². The molecule has 0 aliphatic carbocycles. The van der Waals surface area contributed by atoms with E-state index >= 15 is 0 Å². The molecule has 1 aliphatic heterocycles. The van der Waals surface area contributed by atoms with Crippen LogP contribution in [0.1, 0.15) is 21.5 Å². The summed E-state index contributed by atoms with van der Waals surface area (Å²) >= 11 is 0. The average Bonchev–Trinajstić information content (AvgIpc) is 2.59. The first-order valence-corrected chi connectivity index (χ1v) is 9.72. The van der Waals surface area contributed by atoms with Gasteiger partial charge in [0.1, 0.15) is 5.75 Å². The first-order valence-electron chi connectivity index (χ1n) is 7.99. The van der Waals surface area contributed by atoms with E-state index < -0.39 is 10.8 Å². The molecule has 3 rings (SSSR count). The first kappa shape index (κ1) is 16.7. The van der Waals surface area contributed by atoms with Crippen molar-refractivity contribution in [3.63, 3.8) is 0 Å². The highest BCUT2D eigenvalue weighted by molar-refractivity contribution is 7.83. The fourth-order valence-corrected chi connectivity index (χ4v) is 3.55. The van der Waals surface area contributed by atoms with E-state index in [0.717, 1.165) is 17.7 Å². The van der Waals surface area contributed by atoms with Crippen LogP contribution in [0.15, 0.2) is 48.5 Å². The van der Waals surface area contributed by atoms with E-state index in [-0.39, 0.29) is 11.8 Å². The maximum Gasteiger partial charge on any atom is 0.251 e. The Hall–Kier alpha value is -2.14. The molecule has 0 spiro atoms. The zero-order valence-electron chi connectivity index (χ0n) is 13.7. The van der Waals surface area contributed by atoms with Gasteiger partial charge in [-0.1, -0.05) is 30.3 Å². The lowest BCUT2D eigenvalue weighted by molar-refractivity contribution is 0.0939. The van der Waals surface area contributed by atoms with Crippen molar-refractivity contribution in [3.05, 3.63) is 65.2 Å². The molecule has 1 amide bonds. The van der Waals surface area contributed by atoms with Crippen molar-refractivity contribution < 1.29 is 13.7 Å². The number of amides is 1. The number of carbonyl (C=O) groups is 1. The van der Waals surface area contributed by atoms with Gasteiger partial charge >= 0.3 is 0 Å². The van der Waals surface area contributed by atoms with Crippen molar-refractivity contribution in [2.45, 2.75) is 12.2 Å². The molecule has 24 heavy (non-hydrogen) atoms. The summed E-state index contributed by atoms with van der Waals surface area (Å²) in [6, 6.07) is 15.3. The van der Waals surface area contributed by atoms with Gasteiger partial charge in [-0.2, -0.15) is 0 Å². The van der Waals surface area contributed by atoms with Crippen LogP contribution in [0, 0.1) is 5.92 Å². The van der Waals surface area contributed by atoms with E-state index in [0.29, 0.717) is 24.5 Å². The Morgan fingerprint density at radius 1 is 1.25 bits per heavy atom. The van der Waals surface area contributed by atoms with Gasteiger partial charge in [0.05, 0.1) is 6.61 Å². The van der Waals surface area contributed by atoms with Crippen molar-refractivity contribution in [2.75, 3.05) is 19.4 Å². The largest absolute Gasteiger partial charge is 0.493 e. The molecule has 2 atom stereocenters. The van der Waals surface area contributed by atoms with Gasteiger partial charge in [0.15, 0.2) is 0 Å². The summed E-state index contributed by atoms with van der Waals surface area (Å²) in [7, 11) is -0.915. The van der Waals surface area contributed by atoms with Gasteiger partial charge in [-0.3, -0.25) is 9.00 Å². The van der Waals surface area contributed by atoms with Crippen LogP contribution in [0.25, 0.3) is 0 Å². The molecule has 0 fully saturated rings. The van der Waals surface area contributed by atoms with Crippen molar-refractivity contribution >= 4 is 16.7 Å². The van der Waals surface area contributed by atoms with Gasteiger partial charge in [-0.25, -0.2) is 0 Å². The Labute approximate surface area is 144 Å². The third-order valence-electron chi connectivity index (χ3n) is 4.07. The molecular formula is C19H21NO3S. The summed E-state index contributed by atoms with van der Waals surface area (Å²) in [5, 5.41) is 2.99. The third-order valence-corrected chi connectivity index (χ3v) is 4.81. The summed E-state index contributed by atoms with van der Waals surface area (Å²) < 4.78 is 17.1. The van der Waals surface area contributed by atoms with Crippen molar-refractivity contribution in [3.8, 4) is 5.75 Å². The number of hydrogen-bond donors (Lipinski definition) is 1. The first-order chi connectivity index (χ1) is 11.6. The number of fused-ring (bicyclic) bond motifs is 1. The number of carbonyl (C=O) groups excluding carboxylic acids is 1. The minimum absolute atomic E-state index is 0.0995. The number of nitrogens with one attached hydrogen (secondary N) is 1. The molecule has 2 unspecified atom stereocenters. The van der Waals surface area contributed by atoms with Gasteiger partial charge in [-0.15, -0.1) is 0 Å². The maximum absolute atomic E-state index is 12.3. The topological polar surface area (TPSA) is 55.4 Å². The molecule has 2 aromatic rings. The van der Waals surface area contributed by atoms with Gasteiger partial charge in [0.25, 0.3) is 5.91 Å². The Balaban J connectivity index is 1.57. The summed E-state index contributed by atoms with van der Waals surface area (Å²) in [4.78, 5) is 12.3. The Bertz CT molecular complexity index is 760. The quantitative estimate of drug-likeness (QED) is 0.908. The molecule has 0 aromatic heterocycles. The van der Waals surface area contributed by atoms with Crippen LogP contribution in [0.3, 0.4) is 0 Å². The second kappa shape index (κ2) is 7.62. The van der Waals surface area contributed by atoms with Gasteiger partial charge < -0.3 is 10.1 Å². The highest BCUT2D eigenvalue weighted by atomic mass is 32.2. The molecule has 4 nitrogen and oxygen atoms in total. The Morgan fingerprint density at radius 2 is 2.08 bits per heavy atom. The monoisotopic (exact) mass is 343 g/mol. The molecule has 0 saturated heterocycles. The molecule has 0 radical (unpaired) electrons. The van der Waals surface area contributed by atoms with Gasteiger partial charge in [0.2, 0.25) is 0 Å². The van der Waals surface area contributed by atoms with Crippen LogP contribution in [-0.2, 0) is 23.0 Å². The van der Waals surface area contributed by atoms with E-state index in [1.807, 2.05) is 36.4 Å². The SMILES string of the molecule is CS(=O)Cc1cccc(C(=O)NCC2COc3ccccc3C2)c1. The van der Waals surface area contributed by atoms with E-state index in [1.54, 1.807) is 12.3 Å². The highest BCUT2D eigenvalue weighted by Crippen LogP contribution is 2.26. The minimum Gasteiger partial charge on any atom is -0.493 e. The predicted octanol–water partition coefficient (Wildman–Crippen LogP) is 2.55. The fourth-order valence-electron chi connectivity index (χ4n) is 2.90. The molecular weight excluding hydrogens is 322 g/mol. The van der Waals surface area contributed by atoms with E-state index in [1.165, 1.54) is 5.56 Å². The predicted molar refractivity (Wildman–Crippen MR) is 95.7 cm³/mol. The highest BCUT2D eigenvalue weighted by Gasteiger charge is 2.20. The van der Waals surface area contributed by atoms with Crippen LogP contribution in [0.5, 0.6) is 5.75 Å². The van der Waals surface area contributed by atoms with Crippen LogP contribution in [-0.4, -0.2) is 29.5 Å². The molecule has 1 aliphatic rings. The van der Waals surface area contributed by atoms with Crippen molar-refractivity contribution in [1.82, 2.24) is 5.32 Å². The number of hydrogen-bond acceptors (Lipinski definition) is 3. The molecule has 5 heteroatoms. The molecule has 0 saturated carbocycles. The smallest absolute Gasteiger partial charge is 0.251 e. The summed E-state index contributed by atoms with van der Waals surface area (Å²) in [6.07, 6.45) is 2.57. The number of ether oxygens (including phenoxy) is 1. The van der Waals surface area contributed by atoms with Gasteiger partial charge in [0, 0.05) is 40.8 Å².